The minimum Gasteiger partial charge on any atom is -0.462 e. The summed E-state index contributed by atoms with van der Waals surface area (Å²) in [6.45, 7) is 4.02. The van der Waals surface area contributed by atoms with E-state index in [9.17, 15) is 23.6 Å². The van der Waals surface area contributed by atoms with Crippen LogP contribution in [0.15, 0.2) is 53.6 Å². The van der Waals surface area contributed by atoms with Crippen LogP contribution in [0.4, 0.5) is 9.39 Å². The number of ether oxygens (including phenoxy) is 2. The van der Waals surface area contributed by atoms with Gasteiger partial charge >= 0.3 is 23.8 Å². The van der Waals surface area contributed by atoms with E-state index in [4.69, 9.17) is 9.47 Å². The lowest BCUT2D eigenvalue weighted by atomic mass is 9.88. The fourth-order valence-electron chi connectivity index (χ4n) is 4.04. The molecule has 1 heterocycles. The van der Waals surface area contributed by atoms with Crippen molar-refractivity contribution < 1.29 is 33.0 Å². The normalized spacial score (nSPS) is 14.4. The van der Waals surface area contributed by atoms with Crippen molar-refractivity contribution in [3.05, 3.63) is 81.5 Å². The Morgan fingerprint density at radius 2 is 1.82 bits per heavy atom. The molecule has 0 bridgehead atoms. The van der Waals surface area contributed by atoms with Gasteiger partial charge in [-0.25, -0.2) is 19.4 Å². The number of hydrazone groups is 1. The van der Waals surface area contributed by atoms with Gasteiger partial charge < -0.3 is 14.8 Å². The number of fused-ring (bicyclic) bond motifs is 1. The zero-order valence-electron chi connectivity index (χ0n) is 21.3. The van der Waals surface area contributed by atoms with Crippen molar-refractivity contribution >= 4 is 46.3 Å². The number of benzene rings is 2. The SMILES string of the molecule is CCOC(=O)c1c(NC(=O)C(=O)N/N=C/c2ccc(OC(=O)c3ccccc3F)cc2)sc2c1CCC(C)C2. The van der Waals surface area contributed by atoms with Crippen LogP contribution in [0.25, 0.3) is 0 Å². The van der Waals surface area contributed by atoms with Gasteiger partial charge in [0.15, 0.2) is 0 Å². The monoisotopic (exact) mass is 551 g/mol. The van der Waals surface area contributed by atoms with Crippen molar-refractivity contribution in [1.29, 1.82) is 0 Å². The molecule has 1 aliphatic rings. The summed E-state index contributed by atoms with van der Waals surface area (Å²) in [5, 5.41) is 6.61. The predicted octanol–water partition coefficient (Wildman–Crippen LogP) is 4.50. The number of carbonyl (C=O) groups is 4. The van der Waals surface area contributed by atoms with Gasteiger partial charge in [0, 0.05) is 4.88 Å². The Kier molecular flexibility index (Phi) is 8.82. The first-order chi connectivity index (χ1) is 18.8. The van der Waals surface area contributed by atoms with E-state index >= 15 is 0 Å². The fraction of sp³-hybridized carbons (Fsp3) is 0.250. The van der Waals surface area contributed by atoms with Gasteiger partial charge in [-0.05, 0) is 79.6 Å². The molecular weight excluding hydrogens is 525 g/mol. The van der Waals surface area contributed by atoms with Crippen LogP contribution in [0.5, 0.6) is 5.75 Å². The minimum atomic E-state index is -1.02. The minimum absolute atomic E-state index is 0.184. The third kappa shape index (κ3) is 6.74. The van der Waals surface area contributed by atoms with Crippen LogP contribution in [0.3, 0.4) is 0 Å². The van der Waals surface area contributed by atoms with Crippen molar-refractivity contribution in [1.82, 2.24) is 5.43 Å². The van der Waals surface area contributed by atoms with Gasteiger partial charge in [-0.3, -0.25) is 9.59 Å². The molecule has 0 saturated carbocycles. The number of nitrogens with zero attached hydrogens (tertiary/aromatic N) is 1. The molecule has 3 aromatic rings. The second kappa shape index (κ2) is 12.4. The van der Waals surface area contributed by atoms with E-state index < -0.39 is 29.6 Å². The average molecular weight is 552 g/mol. The first-order valence-electron chi connectivity index (χ1n) is 12.3. The lowest BCUT2D eigenvalue weighted by Crippen LogP contribution is -2.32. The highest BCUT2D eigenvalue weighted by Gasteiger charge is 2.30. The molecular formula is C28H26FN3O6S. The summed E-state index contributed by atoms with van der Waals surface area (Å²) in [6, 6.07) is 11.6. The van der Waals surface area contributed by atoms with Crippen LogP contribution in [-0.4, -0.2) is 36.6 Å². The first kappa shape index (κ1) is 27.6. The molecule has 1 unspecified atom stereocenters. The highest BCUT2D eigenvalue weighted by molar-refractivity contribution is 7.17. The molecule has 1 aliphatic carbocycles. The molecule has 11 heteroatoms. The summed E-state index contributed by atoms with van der Waals surface area (Å²) in [4.78, 5) is 50.6. The van der Waals surface area contributed by atoms with Gasteiger partial charge in [0.25, 0.3) is 0 Å². The Morgan fingerprint density at radius 3 is 2.54 bits per heavy atom. The average Bonchev–Trinajstić information content (AvgIpc) is 3.26. The van der Waals surface area contributed by atoms with E-state index in [1.807, 2.05) is 0 Å². The van der Waals surface area contributed by atoms with Gasteiger partial charge in [-0.15, -0.1) is 11.3 Å². The molecule has 0 spiro atoms. The summed E-state index contributed by atoms with van der Waals surface area (Å²) in [5.74, 6) is -3.39. The highest BCUT2D eigenvalue weighted by atomic mass is 32.1. The van der Waals surface area contributed by atoms with Crippen molar-refractivity contribution in [2.75, 3.05) is 11.9 Å². The molecule has 0 radical (unpaired) electrons. The number of carbonyl (C=O) groups excluding carboxylic acids is 4. The molecule has 0 aliphatic heterocycles. The van der Waals surface area contributed by atoms with Crippen molar-refractivity contribution in [2.24, 2.45) is 11.0 Å². The number of rotatable bonds is 7. The zero-order chi connectivity index (χ0) is 27.9. The molecule has 202 valence electrons. The maximum atomic E-state index is 13.7. The first-order valence-corrected chi connectivity index (χ1v) is 13.1. The Labute approximate surface area is 228 Å². The van der Waals surface area contributed by atoms with Crippen LogP contribution < -0.4 is 15.5 Å². The third-order valence-electron chi connectivity index (χ3n) is 5.99. The summed E-state index contributed by atoms with van der Waals surface area (Å²) in [6.07, 6.45) is 3.71. The maximum Gasteiger partial charge on any atom is 0.346 e. The number of anilines is 1. The smallest absolute Gasteiger partial charge is 0.346 e. The van der Waals surface area contributed by atoms with Gasteiger partial charge in [-0.2, -0.15) is 5.10 Å². The van der Waals surface area contributed by atoms with Crippen LogP contribution in [0, 0.1) is 11.7 Å². The maximum absolute atomic E-state index is 13.7. The zero-order valence-corrected chi connectivity index (χ0v) is 22.1. The number of thiophene rings is 1. The summed E-state index contributed by atoms with van der Waals surface area (Å²) in [5.41, 5.74) is 3.68. The summed E-state index contributed by atoms with van der Waals surface area (Å²) >= 11 is 1.28. The van der Waals surface area contributed by atoms with Crippen LogP contribution in [0.1, 0.15) is 57.0 Å². The molecule has 2 N–H and O–H groups in total. The molecule has 2 aromatic carbocycles. The number of esters is 2. The van der Waals surface area contributed by atoms with E-state index in [-0.39, 0.29) is 22.9 Å². The predicted molar refractivity (Wildman–Crippen MR) is 144 cm³/mol. The fourth-order valence-corrected chi connectivity index (χ4v) is 5.44. The molecule has 0 fully saturated rings. The molecule has 4 rings (SSSR count). The highest BCUT2D eigenvalue weighted by Crippen LogP contribution is 2.40. The summed E-state index contributed by atoms with van der Waals surface area (Å²) < 4.78 is 24.1. The van der Waals surface area contributed by atoms with Gasteiger partial charge in [0.1, 0.15) is 16.6 Å². The van der Waals surface area contributed by atoms with Crippen LogP contribution in [-0.2, 0) is 27.2 Å². The molecule has 2 amide bonds. The number of hydrogen-bond acceptors (Lipinski definition) is 8. The number of nitrogens with one attached hydrogen (secondary N) is 2. The number of halogens is 1. The van der Waals surface area contributed by atoms with E-state index in [2.05, 4.69) is 22.8 Å². The summed E-state index contributed by atoms with van der Waals surface area (Å²) in [7, 11) is 0. The van der Waals surface area contributed by atoms with E-state index in [0.717, 1.165) is 29.3 Å². The number of amides is 2. The second-order valence-electron chi connectivity index (χ2n) is 8.87. The Hall–Kier alpha value is -4.38. The molecule has 0 saturated heterocycles. The van der Waals surface area contributed by atoms with Crippen LogP contribution >= 0.6 is 11.3 Å². The molecule has 1 atom stereocenters. The lowest BCUT2D eigenvalue weighted by molar-refractivity contribution is -0.136. The van der Waals surface area contributed by atoms with Gasteiger partial charge in [0.2, 0.25) is 0 Å². The Balaban J connectivity index is 1.35. The lowest BCUT2D eigenvalue weighted by Gasteiger charge is -2.18. The molecule has 1 aromatic heterocycles. The standard InChI is InChI=1S/C28H26FN3O6S/c1-3-37-28(36)23-20-13-8-16(2)14-22(20)39-26(23)31-24(33)25(34)32-30-15-17-9-11-18(12-10-17)38-27(35)19-6-4-5-7-21(19)29/h4-7,9-12,15-16H,3,8,13-14H2,1-2H3,(H,31,33)(H,32,34)/b30-15+. The van der Waals surface area contributed by atoms with Gasteiger partial charge in [-0.1, -0.05) is 19.1 Å². The van der Waals surface area contributed by atoms with Crippen LogP contribution in [0.2, 0.25) is 0 Å². The number of hydrogen-bond donors (Lipinski definition) is 2. The quantitative estimate of drug-likeness (QED) is 0.147. The van der Waals surface area contributed by atoms with Crippen molar-refractivity contribution in [3.8, 4) is 5.75 Å². The van der Waals surface area contributed by atoms with Crippen molar-refractivity contribution in [3.63, 3.8) is 0 Å². The van der Waals surface area contributed by atoms with E-state index in [0.29, 0.717) is 23.5 Å². The molecule has 9 nitrogen and oxygen atoms in total. The third-order valence-corrected chi connectivity index (χ3v) is 7.16. The second-order valence-corrected chi connectivity index (χ2v) is 9.97. The van der Waals surface area contributed by atoms with Crippen molar-refractivity contribution in [2.45, 2.75) is 33.1 Å². The topological polar surface area (TPSA) is 123 Å². The van der Waals surface area contributed by atoms with E-state index in [1.54, 1.807) is 19.1 Å². The van der Waals surface area contributed by atoms with Gasteiger partial charge in [0.05, 0.1) is 23.9 Å². The van der Waals surface area contributed by atoms with E-state index in [1.165, 1.54) is 47.9 Å². The Morgan fingerprint density at radius 1 is 1.08 bits per heavy atom. The largest absolute Gasteiger partial charge is 0.462 e. The Bertz CT molecular complexity index is 1430. The molecule has 39 heavy (non-hydrogen) atoms.